The molecule has 0 heterocycles. The Balaban J connectivity index is 3.09. The molecule has 0 aliphatic rings. The van der Waals surface area contributed by atoms with Crippen molar-refractivity contribution in [1.82, 2.24) is 0 Å². The fourth-order valence-electron chi connectivity index (χ4n) is 0.992. The van der Waals surface area contributed by atoms with Crippen molar-refractivity contribution in [2.45, 2.75) is 12.7 Å². The van der Waals surface area contributed by atoms with Crippen LogP contribution in [-0.4, -0.2) is 14.2 Å². The van der Waals surface area contributed by atoms with Crippen LogP contribution in [0.2, 0.25) is 10.0 Å². The molecule has 14 heavy (non-hydrogen) atoms. The molecule has 0 amide bonds. The molecule has 1 aromatic rings. The summed E-state index contributed by atoms with van der Waals surface area (Å²) in [5.41, 5.74) is 0.484. The van der Waals surface area contributed by atoms with E-state index >= 15 is 0 Å². The van der Waals surface area contributed by atoms with Crippen LogP contribution < -0.4 is 0 Å². The molecule has 0 aromatic heterocycles. The predicted molar refractivity (Wildman–Crippen MR) is 59.6 cm³/mol. The van der Waals surface area contributed by atoms with Crippen LogP contribution in [0.4, 0.5) is 0 Å². The molecule has 0 unspecified atom stereocenters. The molecule has 0 fully saturated rings. The second-order valence-electron chi connectivity index (χ2n) is 2.88. The van der Waals surface area contributed by atoms with Crippen molar-refractivity contribution < 1.29 is 8.42 Å². The van der Waals surface area contributed by atoms with E-state index in [-0.39, 0.29) is 11.5 Å². The Labute approximate surface area is 93.8 Å². The van der Waals surface area contributed by atoms with Gasteiger partial charge in [-0.2, -0.15) is 0 Å². The highest BCUT2D eigenvalue weighted by Crippen LogP contribution is 2.26. The molecular weight excluding hydrogens is 243 g/mol. The van der Waals surface area contributed by atoms with Gasteiger partial charge in [-0.1, -0.05) is 36.2 Å². The molecule has 0 atom stereocenters. The van der Waals surface area contributed by atoms with Crippen LogP contribution in [0.15, 0.2) is 18.2 Å². The van der Waals surface area contributed by atoms with Crippen molar-refractivity contribution in [3.8, 4) is 0 Å². The van der Waals surface area contributed by atoms with Gasteiger partial charge in [0.1, 0.15) is 0 Å². The van der Waals surface area contributed by atoms with Crippen molar-refractivity contribution in [2.75, 3.05) is 5.75 Å². The van der Waals surface area contributed by atoms with Crippen molar-refractivity contribution in [3.05, 3.63) is 33.8 Å². The molecular formula is C9H10Cl2O2S. The number of sulfone groups is 1. The molecule has 0 spiro atoms. The summed E-state index contributed by atoms with van der Waals surface area (Å²) in [7, 11) is -3.09. The molecule has 0 saturated carbocycles. The van der Waals surface area contributed by atoms with Gasteiger partial charge in [-0.15, -0.1) is 0 Å². The summed E-state index contributed by atoms with van der Waals surface area (Å²) >= 11 is 11.7. The third kappa shape index (κ3) is 2.87. The second-order valence-corrected chi connectivity index (χ2v) is 6.04. The van der Waals surface area contributed by atoms with Crippen molar-refractivity contribution in [3.63, 3.8) is 0 Å². The maximum Gasteiger partial charge on any atom is 0.154 e. The number of rotatable bonds is 3. The lowest BCUT2D eigenvalue weighted by Crippen LogP contribution is -2.07. The summed E-state index contributed by atoms with van der Waals surface area (Å²) in [6.45, 7) is 1.60. The first kappa shape index (κ1) is 11.8. The van der Waals surface area contributed by atoms with Gasteiger partial charge < -0.3 is 0 Å². The third-order valence-electron chi connectivity index (χ3n) is 1.87. The summed E-state index contributed by atoms with van der Waals surface area (Å²) in [6.07, 6.45) is 0. The van der Waals surface area contributed by atoms with Gasteiger partial charge in [0.05, 0.1) is 5.75 Å². The summed E-state index contributed by atoms with van der Waals surface area (Å²) in [5.74, 6) is -0.00341. The zero-order chi connectivity index (χ0) is 10.8. The standard InChI is InChI=1S/C9H10Cl2O2S/c1-2-14(12,13)6-7-8(10)4-3-5-9(7)11/h3-5H,2,6H2,1H3. The number of halogens is 2. The van der Waals surface area contributed by atoms with Gasteiger partial charge in [0.15, 0.2) is 9.84 Å². The van der Waals surface area contributed by atoms with Crippen LogP contribution in [0.1, 0.15) is 12.5 Å². The third-order valence-corrected chi connectivity index (χ3v) is 4.18. The molecule has 0 N–H and O–H groups in total. The molecule has 0 aliphatic carbocycles. The fourth-order valence-corrected chi connectivity index (χ4v) is 2.64. The number of benzene rings is 1. The molecule has 0 aliphatic heterocycles. The fraction of sp³-hybridized carbons (Fsp3) is 0.333. The van der Waals surface area contributed by atoms with Gasteiger partial charge in [-0.05, 0) is 12.1 Å². The predicted octanol–water partition coefficient (Wildman–Crippen LogP) is 2.93. The Kier molecular flexibility index (Phi) is 3.81. The molecule has 1 aromatic carbocycles. The van der Waals surface area contributed by atoms with Gasteiger partial charge in [-0.3, -0.25) is 0 Å². The lowest BCUT2D eigenvalue weighted by molar-refractivity contribution is 0.596. The van der Waals surface area contributed by atoms with Gasteiger partial charge in [0.25, 0.3) is 0 Å². The van der Waals surface area contributed by atoms with Gasteiger partial charge >= 0.3 is 0 Å². The monoisotopic (exact) mass is 252 g/mol. The van der Waals surface area contributed by atoms with Gasteiger partial charge in [-0.25, -0.2) is 8.42 Å². The average molecular weight is 253 g/mol. The topological polar surface area (TPSA) is 34.1 Å². The minimum absolute atomic E-state index is 0.0918. The average Bonchev–Trinajstić information content (AvgIpc) is 2.12. The van der Waals surface area contributed by atoms with Crippen molar-refractivity contribution >= 4 is 33.0 Å². The Hall–Kier alpha value is -0.250. The van der Waals surface area contributed by atoms with Crippen molar-refractivity contribution in [1.29, 1.82) is 0 Å². The molecule has 0 bridgehead atoms. The van der Waals surface area contributed by atoms with Crippen LogP contribution in [0, 0.1) is 0 Å². The summed E-state index contributed by atoms with van der Waals surface area (Å²) < 4.78 is 22.7. The smallest absolute Gasteiger partial charge is 0.154 e. The minimum atomic E-state index is -3.09. The van der Waals surface area contributed by atoms with Crippen molar-refractivity contribution in [2.24, 2.45) is 0 Å². The largest absolute Gasteiger partial charge is 0.229 e. The van der Waals surface area contributed by atoms with E-state index in [0.29, 0.717) is 15.6 Å². The summed E-state index contributed by atoms with van der Waals surface area (Å²) in [5, 5.41) is 0.795. The first-order valence-corrected chi connectivity index (χ1v) is 6.67. The number of hydrogen-bond donors (Lipinski definition) is 0. The Morgan fingerprint density at radius 1 is 1.21 bits per heavy atom. The Bertz CT molecular complexity index is 406. The molecule has 1 rings (SSSR count). The zero-order valence-electron chi connectivity index (χ0n) is 7.63. The highest BCUT2D eigenvalue weighted by atomic mass is 35.5. The normalized spacial score (nSPS) is 11.6. The Morgan fingerprint density at radius 2 is 1.71 bits per heavy atom. The van der Waals surface area contributed by atoms with E-state index in [1.165, 1.54) is 0 Å². The van der Waals surface area contributed by atoms with Crippen LogP contribution in [-0.2, 0) is 15.6 Å². The van der Waals surface area contributed by atoms with E-state index in [2.05, 4.69) is 0 Å². The number of hydrogen-bond acceptors (Lipinski definition) is 2. The lowest BCUT2D eigenvalue weighted by atomic mass is 10.2. The van der Waals surface area contributed by atoms with E-state index in [9.17, 15) is 8.42 Å². The van der Waals surface area contributed by atoms with Gasteiger partial charge in [0.2, 0.25) is 0 Å². The summed E-state index contributed by atoms with van der Waals surface area (Å²) in [6, 6.07) is 4.95. The van der Waals surface area contributed by atoms with E-state index < -0.39 is 9.84 Å². The lowest BCUT2D eigenvalue weighted by Gasteiger charge is -2.06. The molecule has 5 heteroatoms. The molecule has 0 radical (unpaired) electrons. The van der Waals surface area contributed by atoms with Crippen LogP contribution in [0.25, 0.3) is 0 Å². The Morgan fingerprint density at radius 3 is 2.14 bits per heavy atom. The second kappa shape index (κ2) is 4.51. The molecule has 78 valence electrons. The first-order chi connectivity index (χ1) is 6.46. The molecule has 0 saturated heterocycles. The first-order valence-electron chi connectivity index (χ1n) is 4.09. The quantitative estimate of drug-likeness (QED) is 0.829. The van der Waals surface area contributed by atoms with E-state index in [1.54, 1.807) is 25.1 Å². The maximum absolute atomic E-state index is 11.4. The SMILES string of the molecule is CCS(=O)(=O)Cc1c(Cl)cccc1Cl. The molecule has 2 nitrogen and oxygen atoms in total. The van der Waals surface area contributed by atoms with Crippen LogP contribution in [0.3, 0.4) is 0 Å². The van der Waals surface area contributed by atoms with E-state index in [1.807, 2.05) is 0 Å². The van der Waals surface area contributed by atoms with Gasteiger partial charge in [0, 0.05) is 21.4 Å². The van der Waals surface area contributed by atoms with Crippen LogP contribution >= 0.6 is 23.2 Å². The van der Waals surface area contributed by atoms with E-state index in [0.717, 1.165) is 0 Å². The zero-order valence-corrected chi connectivity index (χ0v) is 9.96. The maximum atomic E-state index is 11.4. The minimum Gasteiger partial charge on any atom is -0.229 e. The van der Waals surface area contributed by atoms with Crippen LogP contribution in [0.5, 0.6) is 0 Å². The van der Waals surface area contributed by atoms with E-state index in [4.69, 9.17) is 23.2 Å². The highest BCUT2D eigenvalue weighted by Gasteiger charge is 2.14. The summed E-state index contributed by atoms with van der Waals surface area (Å²) in [4.78, 5) is 0. The highest BCUT2D eigenvalue weighted by molar-refractivity contribution is 7.90.